The van der Waals surface area contributed by atoms with Crippen molar-refractivity contribution < 1.29 is 9.18 Å². The second-order valence-corrected chi connectivity index (χ2v) is 7.38. The van der Waals surface area contributed by atoms with Crippen LogP contribution in [-0.4, -0.2) is 23.0 Å². The van der Waals surface area contributed by atoms with Crippen molar-refractivity contribution in [3.63, 3.8) is 0 Å². The van der Waals surface area contributed by atoms with Crippen LogP contribution in [0.5, 0.6) is 0 Å². The number of aromatic nitrogens is 1. The average molecular weight is 382 g/mol. The van der Waals surface area contributed by atoms with E-state index < -0.39 is 5.91 Å². The van der Waals surface area contributed by atoms with Gasteiger partial charge in [0.2, 0.25) is 0 Å². The molecule has 1 aromatic carbocycles. The molecule has 4 N–H and O–H groups in total. The Bertz CT molecular complexity index is 945. The van der Waals surface area contributed by atoms with Crippen LogP contribution in [-0.2, 0) is 6.54 Å². The Kier molecular flexibility index (Phi) is 5.04. The van der Waals surface area contributed by atoms with Crippen LogP contribution in [0.4, 0.5) is 21.7 Å². The summed E-state index contributed by atoms with van der Waals surface area (Å²) in [7, 11) is 0. The molecule has 1 amide bonds. The number of rotatable bonds is 4. The lowest BCUT2D eigenvalue weighted by molar-refractivity contribution is 0.0988. The van der Waals surface area contributed by atoms with Gasteiger partial charge < -0.3 is 16.4 Å². The number of nitrogens with one attached hydrogen (secondary N) is 2. The van der Waals surface area contributed by atoms with Gasteiger partial charge >= 0.3 is 0 Å². The summed E-state index contributed by atoms with van der Waals surface area (Å²) in [6, 6.07) is 6.73. The van der Waals surface area contributed by atoms with E-state index in [4.69, 9.17) is 5.73 Å². The third-order valence-corrected chi connectivity index (χ3v) is 5.29. The standard InChI is InChI=1S/C20H23FN6O/c1-11-8-13(6-7-14(11)21)24-19-18-12(10-23-27-20(18)28)9-17(26-19)25-16-5-3-2-4-15(16)22/h6-9,15-16H,2-5,10,22H2,1H3,(H2,24,25,26)/t15-,16+/m0/s1. The Hall–Kier alpha value is -2.87. The number of carbonyl (C=O) groups excluding carboxylic acids is 1. The molecular formula is C20H23FN6O. The number of hydrogen-bond acceptors (Lipinski definition) is 6. The Morgan fingerprint density at radius 3 is 2.82 bits per heavy atom. The van der Waals surface area contributed by atoms with E-state index in [0.29, 0.717) is 35.0 Å². The molecule has 4 rings (SSSR count). The van der Waals surface area contributed by atoms with E-state index in [1.165, 1.54) is 6.07 Å². The normalized spacial score (nSPS) is 21.3. The summed E-state index contributed by atoms with van der Waals surface area (Å²) >= 11 is 0. The number of aryl methyl sites for hydroxylation is 1. The summed E-state index contributed by atoms with van der Waals surface area (Å²) in [5.41, 5.74) is 8.56. The van der Waals surface area contributed by atoms with Gasteiger partial charge in [0, 0.05) is 17.8 Å². The van der Waals surface area contributed by atoms with Gasteiger partial charge in [0.15, 0.2) is 0 Å². The van der Waals surface area contributed by atoms with Crippen LogP contribution in [0.3, 0.4) is 0 Å². The first-order chi connectivity index (χ1) is 13.5. The van der Waals surface area contributed by atoms with Crippen molar-refractivity contribution in [3.8, 4) is 0 Å². The smallest absolute Gasteiger partial charge is 0.299 e. The van der Waals surface area contributed by atoms with Crippen LogP contribution in [0.15, 0.2) is 34.5 Å². The highest BCUT2D eigenvalue weighted by Gasteiger charge is 2.26. The number of amides is 1. The predicted molar refractivity (Wildman–Crippen MR) is 105 cm³/mol. The molecule has 2 heterocycles. The van der Waals surface area contributed by atoms with E-state index in [-0.39, 0.29) is 17.9 Å². The first-order valence-electron chi connectivity index (χ1n) is 9.52. The van der Waals surface area contributed by atoms with E-state index >= 15 is 0 Å². The summed E-state index contributed by atoms with van der Waals surface area (Å²) in [5, 5.41) is 14.1. The van der Waals surface area contributed by atoms with Crippen molar-refractivity contribution in [1.29, 1.82) is 0 Å². The second-order valence-electron chi connectivity index (χ2n) is 7.38. The molecule has 0 unspecified atom stereocenters. The van der Waals surface area contributed by atoms with Crippen molar-refractivity contribution in [2.45, 2.75) is 51.2 Å². The third-order valence-electron chi connectivity index (χ3n) is 5.29. The Morgan fingerprint density at radius 1 is 1.21 bits per heavy atom. The SMILES string of the molecule is Cc1cc(Nc2nc(N[C@@H]3CCCC[C@@H]3N)cc3c2C(=O)N=NC3)ccc1F. The lowest BCUT2D eigenvalue weighted by Crippen LogP contribution is -2.42. The first kappa shape index (κ1) is 18.5. The summed E-state index contributed by atoms with van der Waals surface area (Å²) in [6.07, 6.45) is 4.24. The minimum Gasteiger partial charge on any atom is -0.366 e. The summed E-state index contributed by atoms with van der Waals surface area (Å²) in [4.78, 5) is 16.9. The van der Waals surface area contributed by atoms with Crippen LogP contribution in [0, 0.1) is 12.7 Å². The molecule has 2 aliphatic rings. The molecule has 28 heavy (non-hydrogen) atoms. The highest BCUT2D eigenvalue weighted by Crippen LogP contribution is 2.30. The summed E-state index contributed by atoms with van der Waals surface area (Å²) < 4.78 is 13.6. The van der Waals surface area contributed by atoms with Gasteiger partial charge in [-0.05, 0) is 55.2 Å². The molecule has 1 aromatic heterocycles. The number of azo groups is 1. The van der Waals surface area contributed by atoms with Gasteiger partial charge in [0.25, 0.3) is 5.91 Å². The summed E-state index contributed by atoms with van der Waals surface area (Å²) in [5.74, 6) is 0.314. The number of anilines is 3. The highest BCUT2D eigenvalue weighted by molar-refractivity contribution is 6.02. The minimum atomic E-state index is -0.434. The van der Waals surface area contributed by atoms with Gasteiger partial charge in [0.05, 0.1) is 12.1 Å². The topological polar surface area (TPSA) is 105 Å². The molecule has 2 atom stereocenters. The quantitative estimate of drug-likeness (QED) is 0.740. The number of nitrogens with two attached hydrogens (primary N) is 1. The lowest BCUT2D eigenvalue weighted by Gasteiger charge is -2.30. The number of hydrogen-bond donors (Lipinski definition) is 3. The fraction of sp³-hybridized carbons (Fsp3) is 0.400. The van der Waals surface area contributed by atoms with Crippen molar-refractivity contribution in [2.75, 3.05) is 10.6 Å². The number of benzene rings is 1. The number of halogens is 1. The fourth-order valence-corrected chi connectivity index (χ4v) is 3.74. The fourth-order valence-electron chi connectivity index (χ4n) is 3.74. The Morgan fingerprint density at radius 2 is 2.04 bits per heavy atom. The maximum absolute atomic E-state index is 13.6. The minimum absolute atomic E-state index is 0.0732. The van der Waals surface area contributed by atoms with Crippen LogP contribution >= 0.6 is 0 Å². The molecule has 1 saturated carbocycles. The van der Waals surface area contributed by atoms with Crippen molar-refractivity contribution in [2.24, 2.45) is 16.0 Å². The number of pyridine rings is 1. The molecule has 0 saturated heterocycles. The molecule has 7 nitrogen and oxygen atoms in total. The summed E-state index contributed by atoms with van der Waals surface area (Å²) in [6.45, 7) is 2.00. The number of fused-ring (bicyclic) bond motifs is 1. The van der Waals surface area contributed by atoms with E-state index in [1.54, 1.807) is 19.1 Å². The largest absolute Gasteiger partial charge is 0.366 e. The van der Waals surface area contributed by atoms with Gasteiger partial charge in [0.1, 0.15) is 17.5 Å². The molecular weight excluding hydrogens is 359 g/mol. The average Bonchev–Trinajstić information content (AvgIpc) is 2.66. The molecule has 0 spiro atoms. The first-order valence-corrected chi connectivity index (χ1v) is 9.52. The number of nitrogens with zero attached hydrogens (tertiary/aromatic N) is 3. The third kappa shape index (κ3) is 3.73. The van der Waals surface area contributed by atoms with E-state index in [0.717, 1.165) is 31.2 Å². The number of carbonyl (C=O) groups is 1. The van der Waals surface area contributed by atoms with Crippen LogP contribution in [0.2, 0.25) is 0 Å². The Balaban J connectivity index is 1.68. The zero-order valence-corrected chi connectivity index (χ0v) is 15.7. The highest BCUT2D eigenvalue weighted by atomic mass is 19.1. The second kappa shape index (κ2) is 7.63. The molecule has 146 valence electrons. The molecule has 0 radical (unpaired) electrons. The van der Waals surface area contributed by atoms with Crippen LogP contribution < -0.4 is 16.4 Å². The zero-order chi connectivity index (χ0) is 19.7. The molecule has 0 bridgehead atoms. The molecule has 2 aromatic rings. The zero-order valence-electron chi connectivity index (χ0n) is 15.7. The van der Waals surface area contributed by atoms with E-state index in [2.05, 4.69) is 25.8 Å². The van der Waals surface area contributed by atoms with Crippen molar-refractivity contribution in [1.82, 2.24) is 4.98 Å². The molecule has 1 aliphatic carbocycles. The van der Waals surface area contributed by atoms with E-state index in [1.807, 2.05) is 6.07 Å². The van der Waals surface area contributed by atoms with Gasteiger partial charge in [-0.2, -0.15) is 5.11 Å². The monoisotopic (exact) mass is 382 g/mol. The van der Waals surface area contributed by atoms with E-state index in [9.17, 15) is 9.18 Å². The van der Waals surface area contributed by atoms with Crippen molar-refractivity contribution in [3.05, 3.63) is 46.8 Å². The predicted octanol–water partition coefficient (Wildman–Crippen LogP) is 4.06. The maximum Gasteiger partial charge on any atom is 0.299 e. The van der Waals surface area contributed by atoms with Crippen LogP contribution in [0.25, 0.3) is 0 Å². The molecule has 8 heteroatoms. The molecule has 1 fully saturated rings. The Labute approximate surface area is 162 Å². The van der Waals surface area contributed by atoms with Gasteiger partial charge in [-0.3, -0.25) is 4.79 Å². The van der Waals surface area contributed by atoms with Gasteiger partial charge in [-0.15, -0.1) is 5.11 Å². The maximum atomic E-state index is 13.6. The van der Waals surface area contributed by atoms with Crippen LogP contribution in [0.1, 0.15) is 47.2 Å². The molecule has 1 aliphatic heterocycles. The lowest BCUT2D eigenvalue weighted by atomic mass is 9.91. The van der Waals surface area contributed by atoms with Crippen molar-refractivity contribution >= 4 is 23.2 Å². The van der Waals surface area contributed by atoms with Gasteiger partial charge in [-0.25, -0.2) is 9.37 Å². The van der Waals surface area contributed by atoms with Gasteiger partial charge in [-0.1, -0.05) is 12.8 Å².